The van der Waals surface area contributed by atoms with Crippen LogP contribution in [0.2, 0.25) is 5.02 Å². The first-order valence-corrected chi connectivity index (χ1v) is 9.57. The maximum atomic E-state index is 6.27. The highest BCUT2D eigenvalue weighted by Gasteiger charge is 2.34. The minimum atomic E-state index is -0.00529. The van der Waals surface area contributed by atoms with Gasteiger partial charge in [-0.05, 0) is 41.5 Å². The fourth-order valence-corrected chi connectivity index (χ4v) is 4.77. The lowest BCUT2D eigenvalue weighted by atomic mass is 9.93. The van der Waals surface area contributed by atoms with E-state index in [2.05, 4.69) is 33.6 Å². The molecule has 0 spiro atoms. The summed E-state index contributed by atoms with van der Waals surface area (Å²) in [5.41, 5.74) is 4.63. The van der Waals surface area contributed by atoms with Gasteiger partial charge < -0.3 is 10.1 Å². The largest absolute Gasteiger partial charge is 0.497 e. The Morgan fingerprint density at radius 2 is 2.08 bits per heavy atom. The summed E-state index contributed by atoms with van der Waals surface area (Å²) in [5.74, 6) is 2.46. The number of nitrogens with zero attached hydrogens (tertiary/aromatic N) is 3. The maximum Gasteiger partial charge on any atom is 0.226 e. The highest BCUT2D eigenvalue weighted by Crippen LogP contribution is 2.46. The first kappa shape index (κ1) is 15.8. The molecule has 0 bridgehead atoms. The van der Waals surface area contributed by atoms with E-state index in [0.717, 1.165) is 39.3 Å². The molecule has 1 unspecified atom stereocenters. The van der Waals surface area contributed by atoms with Crippen molar-refractivity contribution in [2.24, 2.45) is 0 Å². The molecule has 2 aliphatic heterocycles. The summed E-state index contributed by atoms with van der Waals surface area (Å²) in [5, 5.41) is 8.65. The minimum Gasteiger partial charge on any atom is -0.497 e. The van der Waals surface area contributed by atoms with Crippen molar-refractivity contribution in [3.8, 4) is 5.75 Å². The van der Waals surface area contributed by atoms with Crippen molar-refractivity contribution in [3.63, 3.8) is 0 Å². The van der Waals surface area contributed by atoms with E-state index in [1.54, 1.807) is 13.4 Å². The van der Waals surface area contributed by atoms with E-state index in [0.29, 0.717) is 0 Å². The van der Waals surface area contributed by atoms with Gasteiger partial charge in [-0.25, -0.2) is 4.68 Å². The zero-order valence-electron chi connectivity index (χ0n) is 13.9. The van der Waals surface area contributed by atoms with Crippen LogP contribution in [0.4, 0.5) is 5.95 Å². The molecule has 26 heavy (non-hydrogen) atoms. The number of hydrogen-bond acceptors (Lipinski definition) is 5. The van der Waals surface area contributed by atoms with Crippen molar-refractivity contribution in [1.29, 1.82) is 0 Å². The van der Waals surface area contributed by atoms with Gasteiger partial charge >= 0.3 is 0 Å². The molecule has 0 aliphatic carbocycles. The number of halogens is 1. The summed E-state index contributed by atoms with van der Waals surface area (Å²) < 4.78 is 7.24. The van der Waals surface area contributed by atoms with Gasteiger partial charge in [0.05, 0.1) is 12.8 Å². The number of nitrogens with one attached hydrogen (secondary N) is 1. The van der Waals surface area contributed by atoms with Gasteiger partial charge in [-0.15, -0.1) is 11.8 Å². The van der Waals surface area contributed by atoms with Gasteiger partial charge in [-0.1, -0.05) is 23.7 Å². The third kappa shape index (κ3) is 2.40. The molecule has 0 saturated carbocycles. The van der Waals surface area contributed by atoms with E-state index in [-0.39, 0.29) is 6.04 Å². The summed E-state index contributed by atoms with van der Waals surface area (Å²) in [6.07, 6.45) is 1.59. The van der Waals surface area contributed by atoms with E-state index >= 15 is 0 Å². The second-order valence-electron chi connectivity index (χ2n) is 6.16. The van der Waals surface area contributed by atoms with Crippen molar-refractivity contribution in [2.45, 2.75) is 10.9 Å². The molecule has 2 aromatic carbocycles. The molecule has 5 rings (SSSR count). The molecular weight excluding hydrogens is 368 g/mol. The second kappa shape index (κ2) is 6.07. The van der Waals surface area contributed by atoms with E-state index in [1.165, 1.54) is 10.5 Å². The number of ether oxygens (including phenoxy) is 1. The molecule has 130 valence electrons. The average Bonchev–Trinajstić information content (AvgIpc) is 3.14. The molecule has 2 aliphatic rings. The lowest BCUT2D eigenvalue weighted by Crippen LogP contribution is -2.27. The topological polar surface area (TPSA) is 52.0 Å². The Labute approximate surface area is 160 Å². The van der Waals surface area contributed by atoms with Crippen LogP contribution in [0.25, 0.3) is 5.70 Å². The molecule has 1 N–H and O–H groups in total. The van der Waals surface area contributed by atoms with Crippen molar-refractivity contribution >= 4 is 35.0 Å². The predicted molar refractivity (Wildman–Crippen MR) is 104 cm³/mol. The number of aromatic nitrogens is 3. The normalized spacial score (nSPS) is 17.8. The second-order valence-corrected chi connectivity index (χ2v) is 7.61. The van der Waals surface area contributed by atoms with Crippen molar-refractivity contribution in [1.82, 2.24) is 14.8 Å². The molecular formula is C19H15ClN4OS. The summed E-state index contributed by atoms with van der Waals surface area (Å²) in [4.78, 5) is 5.62. The molecule has 0 amide bonds. The standard InChI is InChI=1S/C19H15ClN4OS/c1-25-13-5-2-11(3-6-13)18-15-9-26-16-7-4-12(20)8-14(16)17(15)23-19-21-10-22-24(18)19/h2-8,10,18H,9H2,1H3,(H,21,22,23). The average molecular weight is 383 g/mol. The number of rotatable bonds is 2. The Kier molecular flexibility index (Phi) is 3.69. The SMILES string of the molecule is COc1ccc(C2C3=C(Nc4ncnn42)c2cc(Cl)ccc2SC3)cc1. The van der Waals surface area contributed by atoms with Crippen molar-refractivity contribution in [3.05, 3.63) is 70.5 Å². The molecule has 3 heterocycles. The Hall–Kier alpha value is -2.44. The molecule has 1 aromatic heterocycles. The number of methoxy groups -OCH3 is 1. The summed E-state index contributed by atoms with van der Waals surface area (Å²) >= 11 is 8.09. The van der Waals surface area contributed by atoms with Gasteiger partial charge in [0.1, 0.15) is 18.1 Å². The van der Waals surface area contributed by atoms with Crippen molar-refractivity contribution < 1.29 is 4.74 Å². The minimum absolute atomic E-state index is 0.00529. The Morgan fingerprint density at radius 3 is 2.88 bits per heavy atom. The fraction of sp³-hybridized carbons (Fsp3) is 0.158. The highest BCUT2D eigenvalue weighted by atomic mass is 35.5. The molecule has 0 saturated heterocycles. The number of benzene rings is 2. The van der Waals surface area contributed by atoms with E-state index in [9.17, 15) is 0 Å². The van der Waals surface area contributed by atoms with E-state index < -0.39 is 0 Å². The van der Waals surface area contributed by atoms with Crippen LogP contribution < -0.4 is 10.1 Å². The zero-order valence-corrected chi connectivity index (χ0v) is 15.5. The van der Waals surface area contributed by atoms with Crippen LogP contribution in [-0.4, -0.2) is 27.6 Å². The number of thioether (sulfide) groups is 1. The maximum absolute atomic E-state index is 6.27. The van der Waals surface area contributed by atoms with Crippen LogP contribution in [0.1, 0.15) is 17.2 Å². The van der Waals surface area contributed by atoms with Gasteiger partial charge in [0.15, 0.2) is 0 Å². The quantitative estimate of drug-likeness (QED) is 0.708. The molecule has 5 nitrogen and oxygen atoms in total. The van der Waals surface area contributed by atoms with Gasteiger partial charge in [0.25, 0.3) is 0 Å². The van der Waals surface area contributed by atoms with Crippen LogP contribution in [0.15, 0.2) is 59.3 Å². The van der Waals surface area contributed by atoms with Gasteiger partial charge in [0.2, 0.25) is 5.95 Å². The molecule has 3 aromatic rings. The van der Waals surface area contributed by atoms with Gasteiger partial charge in [0, 0.05) is 21.2 Å². The lowest BCUT2D eigenvalue weighted by molar-refractivity contribution is 0.414. The number of hydrogen-bond donors (Lipinski definition) is 1. The van der Waals surface area contributed by atoms with Gasteiger partial charge in [-0.3, -0.25) is 0 Å². The van der Waals surface area contributed by atoms with Crippen LogP contribution in [0.5, 0.6) is 5.75 Å². The highest BCUT2D eigenvalue weighted by molar-refractivity contribution is 7.99. The number of fused-ring (bicyclic) bond motifs is 3. The smallest absolute Gasteiger partial charge is 0.226 e. The summed E-state index contributed by atoms with van der Waals surface area (Å²) in [6, 6.07) is 14.2. The Bertz CT molecular complexity index is 1030. The van der Waals surface area contributed by atoms with Crippen LogP contribution in [0.3, 0.4) is 0 Å². The molecule has 0 fully saturated rings. The summed E-state index contributed by atoms with van der Waals surface area (Å²) in [7, 11) is 1.67. The van der Waals surface area contributed by atoms with E-state index in [4.69, 9.17) is 16.3 Å². The van der Waals surface area contributed by atoms with Crippen LogP contribution in [0, 0.1) is 0 Å². The third-order valence-corrected chi connectivity index (χ3v) is 6.09. The van der Waals surface area contributed by atoms with Crippen LogP contribution >= 0.6 is 23.4 Å². The third-order valence-electron chi connectivity index (χ3n) is 4.73. The molecule has 7 heteroatoms. The van der Waals surface area contributed by atoms with Crippen LogP contribution in [-0.2, 0) is 0 Å². The first-order chi connectivity index (χ1) is 12.7. The van der Waals surface area contributed by atoms with E-state index in [1.807, 2.05) is 40.7 Å². The van der Waals surface area contributed by atoms with Crippen molar-refractivity contribution in [2.75, 3.05) is 18.2 Å². The van der Waals surface area contributed by atoms with Gasteiger partial charge in [-0.2, -0.15) is 10.1 Å². The molecule has 0 radical (unpaired) electrons. The fourth-order valence-electron chi connectivity index (χ4n) is 3.50. The lowest BCUT2D eigenvalue weighted by Gasteiger charge is -2.34. The number of anilines is 1. The molecule has 1 atom stereocenters. The summed E-state index contributed by atoms with van der Waals surface area (Å²) in [6.45, 7) is 0. The Morgan fingerprint density at radius 1 is 1.23 bits per heavy atom. The predicted octanol–water partition coefficient (Wildman–Crippen LogP) is 4.47. The Balaban J connectivity index is 1.70. The first-order valence-electron chi connectivity index (χ1n) is 8.21. The monoisotopic (exact) mass is 382 g/mol. The zero-order chi connectivity index (χ0) is 17.7.